The van der Waals surface area contributed by atoms with Crippen LogP contribution in [-0.4, -0.2) is 24.8 Å². The van der Waals surface area contributed by atoms with Gasteiger partial charge in [0.2, 0.25) is 0 Å². The second-order valence-electron chi connectivity index (χ2n) is 6.46. The van der Waals surface area contributed by atoms with Gasteiger partial charge < -0.3 is 5.32 Å². The number of aromatic nitrogens is 1. The standard InChI is InChI=1S/C19H18FN3O2S/c1-12-7-8-18-14(9-12)15(17-10-21-13(2)22-17)11-23(18)26(24,25)19-6-4-3-5-16(19)20/h3-9,11,17H,10H2,1-2H3,(H,21,22). The Morgan fingerprint density at radius 3 is 2.65 bits per heavy atom. The molecule has 2 heterocycles. The van der Waals surface area contributed by atoms with Crippen molar-refractivity contribution in [2.45, 2.75) is 24.8 Å². The first-order valence-electron chi connectivity index (χ1n) is 8.27. The Kier molecular flexibility index (Phi) is 3.84. The molecule has 1 N–H and O–H groups in total. The van der Waals surface area contributed by atoms with Crippen LogP contribution < -0.4 is 5.32 Å². The third-order valence-electron chi connectivity index (χ3n) is 4.60. The summed E-state index contributed by atoms with van der Waals surface area (Å²) in [6.07, 6.45) is 1.58. The van der Waals surface area contributed by atoms with E-state index in [1.54, 1.807) is 12.3 Å². The Morgan fingerprint density at radius 2 is 1.96 bits per heavy atom. The minimum Gasteiger partial charge on any atom is -0.365 e. The highest BCUT2D eigenvalue weighted by Crippen LogP contribution is 2.32. The monoisotopic (exact) mass is 371 g/mol. The van der Waals surface area contributed by atoms with E-state index in [2.05, 4.69) is 10.3 Å². The molecular formula is C19H18FN3O2S. The largest absolute Gasteiger partial charge is 0.365 e. The fraction of sp³-hybridized carbons (Fsp3) is 0.211. The molecule has 1 atom stereocenters. The van der Waals surface area contributed by atoms with Gasteiger partial charge in [0, 0.05) is 17.1 Å². The molecule has 0 saturated heterocycles. The molecule has 3 aromatic rings. The number of hydrogen-bond donors (Lipinski definition) is 1. The Labute approximate surface area is 151 Å². The third kappa shape index (κ3) is 2.59. The topological polar surface area (TPSA) is 63.5 Å². The number of rotatable bonds is 3. The van der Waals surface area contributed by atoms with E-state index in [-0.39, 0.29) is 10.9 Å². The number of benzene rings is 2. The zero-order valence-electron chi connectivity index (χ0n) is 14.4. The normalized spacial score (nSPS) is 17.3. The molecule has 4 rings (SSSR count). The van der Waals surface area contributed by atoms with E-state index in [4.69, 9.17) is 0 Å². The molecule has 0 bridgehead atoms. The molecule has 2 aromatic carbocycles. The Hall–Kier alpha value is -2.67. The van der Waals surface area contributed by atoms with Crippen molar-refractivity contribution in [2.24, 2.45) is 4.99 Å². The fourth-order valence-electron chi connectivity index (χ4n) is 3.32. The molecule has 0 radical (unpaired) electrons. The summed E-state index contributed by atoms with van der Waals surface area (Å²) in [5.74, 6) is 0.0571. The number of hydrogen-bond acceptors (Lipinski definition) is 4. The van der Waals surface area contributed by atoms with Crippen molar-refractivity contribution in [2.75, 3.05) is 6.54 Å². The Bertz CT molecular complexity index is 1150. The van der Waals surface area contributed by atoms with Crippen LogP contribution in [0.4, 0.5) is 4.39 Å². The van der Waals surface area contributed by atoms with Crippen molar-refractivity contribution in [3.8, 4) is 0 Å². The van der Waals surface area contributed by atoms with Gasteiger partial charge in [-0.2, -0.15) is 0 Å². The first-order chi connectivity index (χ1) is 12.4. The summed E-state index contributed by atoms with van der Waals surface area (Å²) < 4.78 is 41.6. The summed E-state index contributed by atoms with van der Waals surface area (Å²) in [4.78, 5) is 4.02. The van der Waals surface area contributed by atoms with Crippen molar-refractivity contribution in [1.29, 1.82) is 0 Å². The zero-order valence-corrected chi connectivity index (χ0v) is 15.2. The number of amidine groups is 1. The molecule has 1 aliphatic heterocycles. The molecule has 0 aliphatic carbocycles. The maximum absolute atomic E-state index is 14.2. The summed E-state index contributed by atoms with van der Waals surface area (Å²) in [5.41, 5.74) is 2.39. The van der Waals surface area contributed by atoms with Crippen LogP contribution >= 0.6 is 0 Å². The summed E-state index contributed by atoms with van der Waals surface area (Å²) in [6, 6.07) is 10.9. The summed E-state index contributed by atoms with van der Waals surface area (Å²) in [7, 11) is -4.05. The van der Waals surface area contributed by atoms with E-state index in [1.165, 1.54) is 22.2 Å². The van der Waals surface area contributed by atoms with Crippen LogP contribution in [0.25, 0.3) is 10.9 Å². The van der Waals surface area contributed by atoms with E-state index >= 15 is 0 Å². The molecule has 0 fully saturated rings. The number of halogens is 1. The molecule has 26 heavy (non-hydrogen) atoms. The van der Waals surface area contributed by atoms with Gasteiger partial charge in [-0.25, -0.2) is 16.8 Å². The molecule has 5 nitrogen and oxygen atoms in total. The number of aliphatic imine (C=N–C) groups is 1. The molecule has 0 spiro atoms. The summed E-state index contributed by atoms with van der Waals surface area (Å²) in [5, 5.41) is 4.09. The summed E-state index contributed by atoms with van der Waals surface area (Å²) >= 11 is 0. The molecular weight excluding hydrogens is 353 g/mol. The molecule has 1 aromatic heterocycles. The lowest BCUT2D eigenvalue weighted by Gasteiger charge is -2.09. The van der Waals surface area contributed by atoms with E-state index in [0.717, 1.165) is 28.4 Å². The van der Waals surface area contributed by atoms with Gasteiger partial charge in [0.05, 0.1) is 23.9 Å². The van der Waals surface area contributed by atoms with Gasteiger partial charge in [-0.15, -0.1) is 0 Å². The van der Waals surface area contributed by atoms with E-state index < -0.39 is 15.8 Å². The number of nitrogens with zero attached hydrogens (tertiary/aromatic N) is 2. The van der Waals surface area contributed by atoms with Gasteiger partial charge in [0.15, 0.2) is 0 Å². The van der Waals surface area contributed by atoms with Crippen molar-refractivity contribution >= 4 is 26.8 Å². The SMILES string of the molecule is CC1=NCC(c2cn(S(=O)(=O)c3ccccc3F)c3ccc(C)cc23)N1. The predicted molar refractivity (Wildman–Crippen MR) is 99.5 cm³/mol. The van der Waals surface area contributed by atoms with Crippen LogP contribution in [0.2, 0.25) is 0 Å². The average molecular weight is 371 g/mol. The molecule has 1 unspecified atom stereocenters. The Morgan fingerprint density at radius 1 is 1.19 bits per heavy atom. The van der Waals surface area contributed by atoms with E-state index in [0.29, 0.717) is 12.1 Å². The fourth-order valence-corrected chi connectivity index (χ4v) is 4.77. The molecule has 1 aliphatic rings. The van der Waals surface area contributed by atoms with Crippen LogP contribution in [0.1, 0.15) is 24.1 Å². The second-order valence-corrected chi connectivity index (χ2v) is 8.24. The van der Waals surface area contributed by atoms with Crippen molar-refractivity contribution in [3.05, 3.63) is 65.6 Å². The highest BCUT2D eigenvalue weighted by molar-refractivity contribution is 7.90. The van der Waals surface area contributed by atoms with E-state index in [9.17, 15) is 12.8 Å². The minimum atomic E-state index is -4.05. The average Bonchev–Trinajstić information content (AvgIpc) is 3.18. The molecule has 0 amide bonds. The molecule has 134 valence electrons. The minimum absolute atomic E-state index is 0.101. The number of nitrogens with one attached hydrogen (secondary N) is 1. The van der Waals surface area contributed by atoms with Crippen LogP contribution in [0.5, 0.6) is 0 Å². The lowest BCUT2D eigenvalue weighted by atomic mass is 10.0. The zero-order chi connectivity index (χ0) is 18.5. The second kappa shape index (κ2) is 5.95. The third-order valence-corrected chi connectivity index (χ3v) is 6.31. The van der Waals surface area contributed by atoms with Gasteiger partial charge in [0.1, 0.15) is 10.7 Å². The lowest BCUT2D eigenvalue weighted by Crippen LogP contribution is -2.20. The smallest absolute Gasteiger partial charge is 0.271 e. The van der Waals surface area contributed by atoms with Gasteiger partial charge >= 0.3 is 0 Å². The van der Waals surface area contributed by atoms with Crippen LogP contribution in [-0.2, 0) is 10.0 Å². The van der Waals surface area contributed by atoms with Crippen molar-refractivity contribution in [3.63, 3.8) is 0 Å². The maximum atomic E-state index is 14.2. The van der Waals surface area contributed by atoms with Gasteiger partial charge in [0.25, 0.3) is 10.0 Å². The van der Waals surface area contributed by atoms with Gasteiger partial charge in [-0.3, -0.25) is 4.99 Å². The van der Waals surface area contributed by atoms with Gasteiger partial charge in [-0.1, -0.05) is 23.8 Å². The van der Waals surface area contributed by atoms with Gasteiger partial charge in [-0.05, 0) is 38.1 Å². The van der Waals surface area contributed by atoms with Crippen LogP contribution in [0, 0.1) is 12.7 Å². The lowest BCUT2D eigenvalue weighted by molar-refractivity contribution is 0.562. The summed E-state index contributed by atoms with van der Waals surface area (Å²) in [6.45, 7) is 4.37. The maximum Gasteiger partial charge on any atom is 0.271 e. The number of aryl methyl sites for hydroxylation is 1. The number of fused-ring (bicyclic) bond motifs is 1. The van der Waals surface area contributed by atoms with Crippen LogP contribution in [0.3, 0.4) is 0 Å². The quantitative estimate of drug-likeness (QED) is 0.768. The van der Waals surface area contributed by atoms with Crippen molar-refractivity contribution < 1.29 is 12.8 Å². The highest BCUT2D eigenvalue weighted by Gasteiger charge is 2.27. The molecule has 0 saturated carbocycles. The molecule has 7 heteroatoms. The Balaban J connectivity index is 1.95. The predicted octanol–water partition coefficient (Wildman–Crippen LogP) is 3.39. The van der Waals surface area contributed by atoms with E-state index in [1.807, 2.05) is 26.0 Å². The first-order valence-corrected chi connectivity index (χ1v) is 9.71. The van der Waals surface area contributed by atoms with Crippen molar-refractivity contribution in [1.82, 2.24) is 9.29 Å². The first kappa shape index (κ1) is 16.8. The van der Waals surface area contributed by atoms with Crippen LogP contribution in [0.15, 0.2) is 58.5 Å². The highest BCUT2D eigenvalue weighted by atomic mass is 32.2.